The van der Waals surface area contributed by atoms with E-state index in [2.05, 4.69) is 15.8 Å². The van der Waals surface area contributed by atoms with Crippen molar-refractivity contribution < 1.29 is 14.1 Å². The van der Waals surface area contributed by atoms with Crippen LogP contribution in [0.3, 0.4) is 0 Å². The van der Waals surface area contributed by atoms with E-state index in [0.29, 0.717) is 17.0 Å². The molecule has 0 bridgehead atoms. The fraction of sp³-hybridized carbons (Fsp3) is 0.111. The van der Waals surface area contributed by atoms with E-state index >= 15 is 0 Å². The molecule has 0 spiro atoms. The number of aromatic nitrogens is 1. The summed E-state index contributed by atoms with van der Waals surface area (Å²) >= 11 is 0. The molecular formula is C18H17N3O3. The van der Waals surface area contributed by atoms with E-state index in [4.69, 9.17) is 9.26 Å². The third-order valence-corrected chi connectivity index (χ3v) is 3.54. The van der Waals surface area contributed by atoms with E-state index < -0.39 is 0 Å². The summed E-state index contributed by atoms with van der Waals surface area (Å²) in [6, 6.07) is 15.0. The van der Waals surface area contributed by atoms with Crippen LogP contribution in [0.15, 0.2) is 59.3 Å². The van der Waals surface area contributed by atoms with Crippen LogP contribution in [0.4, 0.5) is 17.1 Å². The monoisotopic (exact) mass is 323 g/mol. The minimum absolute atomic E-state index is 0.266. The number of amides is 1. The van der Waals surface area contributed by atoms with E-state index in [1.165, 1.54) is 6.20 Å². The van der Waals surface area contributed by atoms with E-state index in [9.17, 15) is 4.79 Å². The summed E-state index contributed by atoms with van der Waals surface area (Å²) in [6.07, 6.45) is 1.41. The third-order valence-electron chi connectivity index (χ3n) is 3.54. The van der Waals surface area contributed by atoms with Gasteiger partial charge in [0.15, 0.2) is 0 Å². The zero-order chi connectivity index (χ0) is 16.9. The second kappa shape index (κ2) is 6.87. The van der Waals surface area contributed by atoms with Crippen molar-refractivity contribution >= 4 is 23.0 Å². The number of hydrogen-bond acceptors (Lipinski definition) is 5. The average Bonchev–Trinajstić information content (AvgIpc) is 3.03. The van der Waals surface area contributed by atoms with Crippen molar-refractivity contribution in [1.29, 1.82) is 0 Å². The van der Waals surface area contributed by atoms with Crippen LogP contribution in [0, 0.1) is 6.92 Å². The highest BCUT2D eigenvalue weighted by Crippen LogP contribution is 2.27. The number of carbonyl (C=O) groups is 1. The maximum Gasteiger partial charge on any atom is 0.260 e. The molecule has 0 aliphatic carbocycles. The molecule has 1 aromatic heterocycles. The normalized spacial score (nSPS) is 10.2. The van der Waals surface area contributed by atoms with Crippen molar-refractivity contribution in [3.8, 4) is 5.75 Å². The van der Waals surface area contributed by atoms with Crippen LogP contribution in [0.5, 0.6) is 5.75 Å². The van der Waals surface area contributed by atoms with E-state index in [1.54, 1.807) is 14.0 Å². The number of anilines is 3. The van der Waals surface area contributed by atoms with E-state index in [-0.39, 0.29) is 5.91 Å². The SMILES string of the molecule is COc1ccc(Nc2ccccc2NC(=O)c2cnoc2C)cc1. The minimum Gasteiger partial charge on any atom is -0.497 e. The van der Waals surface area contributed by atoms with Gasteiger partial charge < -0.3 is 19.9 Å². The summed E-state index contributed by atoms with van der Waals surface area (Å²) in [5, 5.41) is 9.78. The van der Waals surface area contributed by atoms with Gasteiger partial charge in [0.05, 0.1) is 24.7 Å². The van der Waals surface area contributed by atoms with Crippen LogP contribution >= 0.6 is 0 Å². The molecular weight excluding hydrogens is 306 g/mol. The summed E-state index contributed by atoms with van der Waals surface area (Å²) in [5.41, 5.74) is 2.75. The molecule has 2 N–H and O–H groups in total. The molecule has 0 fully saturated rings. The zero-order valence-corrected chi connectivity index (χ0v) is 13.4. The minimum atomic E-state index is -0.266. The number of rotatable bonds is 5. The Morgan fingerprint density at radius 2 is 1.79 bits per heavy atom. The third kappa shape index (κ3) is 3.38. The number of nitrogens with one attached hydrogen (secondary N) is 2. The maximum absolute atomic E-state index is 12.3. The molecule has 0 aliphatic rings. The molecule has 1 heterocycles. The number of nitrogens with zero attached hydrogens (tertiary/aromatic N) is 1. The summed E-state index contributed by atoms with van der Waals surface area (Å²) in [5.74, 6) is 0.996. The molecule has 0 saturated heterocycles. The quantitative estimate of drug-likeness (QED) is 0.742. The van der Waals surface area contributed by atoms with Gasteiger partial charge in [-0.05, 0) is 43.3 Å². The number of benzene rings is 2. The predicted molar refractivity (Wildman–Crippen MR) is 91.9 cm³/mol. The molecule has 24 heavy (non-hydrogen) atoms. The van der Waals surface area contributed by atoms with E-state index in [0.717, 1.165) is 17.1 Å². The zero-order valence-electron chi connectivity index (χ0n) is 13.4. The molecule has 0 saturated carbocycles. The Bertz CT molecular complexity index is 841. The Kier molecular flexibility index (Phi) is 4.47. The van der Waals surface area contributed by atoms with Gasteiger partial charge in [0.25, 0.3) is 5.91 Å². The van der Waals surface area contributed by atoms with Crippen molar-refractivity contribution in [3.05, 3.63) is 66.1 Å². The Labute approximate surface area is 139 Å². The Morgan fingerprint density at radius 3 is 2.42 bits per heavy atom. The number of aryl methyl sites for hydroxylation is 1. The largest absolute Gasteiger partial charge is 0.497 e. The first-order chi connectivity index (χ1) is 11.7. The molecule has 2 aromatic carbocycles. The Morgan fingerprint density at radius 1 is 1.08 bits per heavy atom. The lowest BCUT2D eigenvalue weighted by molar-refractivity contribution is 0.102. The number of methoxy groups -OCH3 is 1. The molecule has 3 aromatic rings. The Balaban J connectivity index is 1.80. The van der Waals surface area contributed by atoms with Crippen molar-refractivity contribution in [2.45, 2.75) is 6.92 Å². The summed E-state index contributed by atoms with van der Waals surface area (Å²) in [4.78, 5) is 12.3. The van der Waals surface area contributed by atoms with Crippen LogP contribution in [0.2, 0.25) is 0 Å². The maximum atomic E-state index is 12.3. The van der Waals surface area contributed by atoms with Crippen molar-refractivity contribution in [2.24, 2.45) is 0 Å². The highest BCUT2D eigenvalue weighted by Gasteiger charge is 2.14. The molecule has 0 atom stereocenters. The number of para-hydroxylation sites is 2. The molecule has 0 aliphatic heterocycles. The van der Waals surface area contributed by atoms with Gasteiger partial charge in [0.1, 0.15) is 17.1 Å². The van der Waals surface area contributed by atoms with Crippen LogP contribution < -0.4 is 15.4 Å². The van der Waals surface area contributed by atoms with Crippen molar-refractivity contribution in [1.82, 2.24) is 5.16 Å². The first kappa shape index (κ1) is 15.6. The number of carbonyl (C=O) groups excluding carboxylic acids is 1. The average molecular weight is 323 g/mol. The van der Waals surface area contributed by atoms with E-state index in [1.807, 2.05) is 48.5 Å². The van der Waals surface area contributed by atoms with Crippen LogP contribution in [-0.4, -0.2) is 18.2 Å². The number of hydrogen-bond donors (Lipinski definition) is 2. The second-order valence-electron chi connectivity index (χ2n) is 5.15. The summed E-state index contributed by atoms with van der Waals surface area (Å²) in [6.45, 7) is 1.70. The molecule has 0 radical (unpaired) electrons. The van der Waals surface area contributed by atoms with Gasteiger partial charge in [0, 0.05) is 5.69 Å². The standard InChI is InChI=1S/C18H17N3O3/c1-12-15(11-19-24-12)18(22)21-17-6-4-3-5-16(17)20-13-7-9-14(23-2)10-8-13/h3-11,20H,1-2H3,(H,21,22). The van der Waals surface area contributed by atoms with Gasteiger partial charge in [-0.2, -0.15) is 0 Å². The lowest BCUT2D eigenvalue weighted by Crippen LogP contribution is -2.13. The van der Waals surface area contributed by atoms with Gasteiger partial charge in [-0.15, -0.1) is 0 Å². The first-order valence-electron chi connectivity index (χ1n) is 7.40. The van der Waals surface area contributed by atoms with Crippen LogP contribution in [-0.2, 0) is 0 Å². The lowest BCUT2D eigenvalue weighted by atomic mass is 10.2. The predicted octanol–water partition coefficient (Wildman–Crippen LogP) is 3.99. The highest BCUT2D eigenvalue weighted by molar-refractivity contribution is 6.06. The van der Waals surface area contributed by atoms with Crippen LogP contribution in [0.25, 0.3) is 0 Å². The molecule has 1 amide bonds. The van der Waals surface area contributed by atoms with Crippen molar-refractivity contribution in [3.63, 3.8) is 0 Å². The summed E-state index contributed by atoms with van der Waals surface area (Å²) < 4.78 is 10.1. The second-order valence-corrected chi connectivity index (χ2v) is 5.15. The molecule has 6 heteroatoms. The summed E-state index contributed by atoms with van der Waals surface area (Å²) in [7, 11) is 1.62. The molecule has 3 rings (SSSR count). The van der Waals surface area contributed by atoms with Crippen molar-refractivity contribution in [2.75, 3.05) is 17.7 Å². The van der Waals surface area contributed by atoms with Crippen LogP contribution in [0.1, 0.15) is 16.1 Å². The molecule has 0 unspecified atom stereocenters. The molecule has 122 valence electrons. The topological polar surface area (TPSA) is 76.4 Å². The first-order valence-corrected chi connectivity index (χ1v) is 7.40. The lowest BCUT2D eigenvalue weighted by Gasteiger charge is -2.13. The fourth-order valence-corrected chi connectivity index (χ4v) is 2.24. The van der Waals surface area contributed by atoms with Gasteiger partial charge in [0.2, 0.25) is 0 Å². The highest BCUT2D eigenvalue weighted by atomic mass is 16.5. The fourth-order valence-electron chi connectivity index (χ4n) is 2.24. The number of ether oxygens (including phenoxy) is 1. The van der Waals surface area contributed by atoms with Gasteiger partial charge in [-0.3, -0.25) is 4.79 Å². The van der Waals surface area contributed by atoms with Gasteiger partial charge in [-0.1, -0.05) is 17.3 Å². The Hall–Kier alpha value is -3.28. The smallest absolute Gasteiger partial charge is 0.260 e. The van der Waals surface area contributed by atoms with Gasteiger partial charge in [-0.25, -0.2) is 0 Å². The molecule has 6 nitrogen and oxygen atoms in total. The van der Waals surface area contributed by atoms with Gasteiger partial charge >= 0.3 is 0 Å².